The van der Waals surface area contributed by atoms with Crippen LogP contribution < -0.4 is 15.9 Å². The van der Waals surface area contributed by atoms with Gasteiger partial charge in [-0.3, -0.25) is 4.79 Å². The number of benzene rings is 3. The van der Waals surface area contributed by atoms with Crippen LogP contribution in [0.1, 0.15) is 13.3 Å². The Morgan fingerprint density at radius 3 is 1.59 bits per heavy atom. The monoisotopic (exact) mass is 423 g/mol. The number of rotatable bonds is 9. The van der Waals surface area contributed by atoms with E-state index in [1.807, 2.05) is 11.8 Å². The van der Waals surface area contributed by atoms with Crippen molar-refractivity contribution in [3.63, 3.8) is 0 Å². The largest absolute Gasteiger partial charge is 0.469 e. The summed E-state index contributed by atoms with van der Waals surface area (Å²) in [5.41, 5.74) is 0.159. The fraction of sp³-hybridized carbons (Fsp3) is 0.240. The van der Waals surface area contributed by atoms with Crippen molar-refractivity contribution in [3.05, 3.63) is 91.0 Å². The second kappa shape index (κ2) is 10.6. The number of ether oxygens (including phenoxy) is 1. The third-order valence-electron chi connectivity index (χ3n) is 5.18. The zero-order chi connectivity index (χ0) is 20.5. The van der Waals surface area contributed by atoms with Crippen molar-refractivity contribution in [2.45, 2.75) is 19.0 Å². The summed E-state index contributed by atoms with van der Waals surface area (Å²) < 4.78 is 5.13. The lowest BCUT2D eigenvalue weighted by Crippen LogP contribution is -2.41. The van der Waals surface area contributed by atoms with Gasteiger partial charge < -0.3 is 4.74 Å². The Kier molecular flexibility index (Phi) is 7.91. The van der Waals surface area contributed by atoms with Crippen LogP contribution >= 0.6 is 19.0 Å². The highest BCUT2D eigenvalue weighted by atomic mass is 32.2. The first kappa shape index (κ1) is 21.6. The van der Waals surface area contributed by atoms with Gasteiger partial charge in [-0.2, -0.15) is 11.8 Å². The summed E-state index contributed by atoms with van der Waals surface area (Å²) in [6.07, 6.45) is 0.413. The van der Waals surface area contributed by atoms with E-state index in [0.29, 0.717) is 6.42 Å². The third-order valence-corrected chi connectivity index (χ3v) is 11.3. The molecule has 0 amide bonds. The van der Waals surface area contributed by atoms with Gasteiger partial charge >= 0.3 is 5.97 Å². The summed E-state index contributed by atoms with van der Waals surface area (Å²) in [6, 6.07) is 32.2. The SMILES string of the molecule is CCSCC(CC(=O)OC)[P+](c1ccccc1)(c1ccccc1)c1ccccc1. The van der Waals surface area contributed by atoms with Crippen molar-refractivity contribution in [2.75, 3.05) is 18.6 Å². The highest BCUT2D eigenvalue weighted by Gasteiger charge is 2.52. The lowest BCUT2D eigenvalue weighted by atomic mass is 10.3. The van der Waals surface area contributed by atoms with Crippen LogP contribution in [0, 0.1) is 0 Å². The van der Waals surface area contributed by atoms with Gasteiger partial charge in [0.15, 0.2) is 0 Å². The van der Waals surface area contributed by atoms with Crippen LogP contribution in [0.4, 0.5) is 0 Å². The average Bonchev–Trinajstić information content (AvgIpc) is 2.80. The van der Waals surface area contributed by atoms with Crippen molar-refractivity contribution in [2.24, 2.45) is 0 Å². The summed E-state index contributed by atoms with van der Waals surface area (Å²) in [5, 5.41) is 3.93. The Bertz CT molecular complexity index is 788. The van der Waals surface area contributed by atoms with Gasteiger partial charge in [-0.25, -0.2) is 0 Å². The molecule has 0 fully saturated rings. The van der Waals surface area contributed by atoms with Crippen LogP contribution in [-0.2, 0) is 9.53 Å². The first-order valence-corrected chi connectivity index (χ1v) is 12.9. The van der Waals surface area contributed by atoms with Crippen LogP contribution in [0.5, 0.6) is 0 Å². The Morgan fingerprint density at radius 2 is 1.24 bits per heavy atom. The molecule has 0 aliphatic rings. The normalized spacial score (nSPS) is 12.3. The number of thioether (sulfide) groups is 1. The van der Waals surface area contributed by atoms with Gasteiger partial charge in [0.05, 0.1) is 13.5 Å². The molecule has 0 spiro atoms. The molecule has 1 unspecified atom stereocenters. The zero-order valence-corrected chi connectivity index (χ0v) is 18.7. The van der Waals surface area contributed by atoms with Crippen LogP contribution in [-0.4, -0.2) is 30.2 Å². The van der Waals surface area contributed by atoms with E-state index < -0.39 is 7.26 Å². The number of carbonyl (C=O) groups is 1. The lowest BCUT2D eigenvalue weighted by Gasteiger charge is -2.34. The molecule has 0 heterocycles. The average molecular weight is 424 g/mol. The van der Waals surface area contributed by atoms with Crippen molar-refractivity contribution in [3.8, 4) is 0 Å². The molecule has 0 bridgehead atoms. The van der Waals surface area contributed by atoms with E-state index in [4.69, 9.17) is 4.74 Å². The van der Waals surface area contributed by atoms with Crippen molar-refractivity contribution in [1.82, 2.24) is 0 Å². The molecule has 150 valence electrons. The molecule has 0 radical (unpaired) electrons. The minimum atomic E-state index is -2.08. The Balaban J connectivity index is 2.32. The Labute approximate surface area is 179 Å². The minimum absolute atomic E-state index is 0.140. The smallest absolute Gasteiger partial charge is 0.309 e. The van der Waals surface area contributed by atoms with Gasteiger partial charge in [0.1, 0.15) is 28.8 Å². The number of hydrogen-bond donors (Lipinski definition) is 0. The Morgan fingerprint density at radius 1 is 0.828 bits per heavy atom. The van der Waals surface area contributed by atoms with E-state index in [9.17, 15) is 4.79 Å². The molecule has 3 aromatic carbocycles. The molecular formula is C25H28O2PS+. The molecule has 4 heteroatoms. The van der Waals surface area contributed by atoms with Crippen molar-refractivity contribution >= 4 is 40.9 Å². The van der Waals surface area contributed by atoms with Gasteiger partial charge in [-0.15, -0.1) is 0 Å². The number of methoxy groups -OCH3 is 1. The molecule has 0 saturated heterocycles. The van der Waals surface area contributed by atoms with E-state index >= 15 is 0 Å². The second-order valence-corrected chi connectivity index (χ2v) is 11.9. The van der Waals surface area contributed by atoms with Gasteiger partial charge in [0, 0.05) is 5.75 Å². The predicted octanol–water partition coefficient (Wildman–Crippen LogP) is 4.67. The standard InChI is InChI=1S/C25H28O2PS/c1-3-29-20-24(19-25(26)27-2)28(21-13-7-4-8-14-21,22-15-9-5-10-16-22)23-17-11-6-12-18-23/h4-18,24H,3,19-20H2,1-2H3/q+1. The highest BCUT2D eigenvalue weighted by molar-refractivity contribution is 8.01. The number of carbonyl (C=O) groups excluding carboxylic acids is 1. The molecule has 0 aliphatic carbocycles. The molecular weight excluding hydrogens is 395 g/mol. The second-order valence-electron chi connectivity index (χ2n) is 6.82. The predicted molar refractivity (Wildman–Crippen MR) is 129 cm³/mol. The van der Waals surface area contributed by atoms with Crippen LogP contribution in [0.3, 0.4) is 0 Å². The first-order chi connectivity index (χ1) is 14.2. The van der Waals surface area contributed by atoms with E-state index in [0.717, 1.165) is 11.5 Å². The Hall–Kier alpha value is -2.09. The third kappa shape index (κ3) is 4.74. The maximum atomic E-state index is 12.5. The molecule has 29 heavy (non-hydrogen) atoms. The van der Waals surface area contributed by atoms with Gasteiger partial charge in [-0.05, 0) is 42.2 Å². The summed E-state index contributed by atoms with van der Waals surface area (Å²) in [5.74, 6) is 1.80. The molecule has 3 rings (SSSR count). The molecule has 0 aromatic heterocycles. The van der Waals surface area contributed by atoms with Crippen LogP contribution in [0.25, 0.3) is 0 Å². The van der Waals surface area contributed by atoms with Gasteiger partial charge in [0.2, 0.25) is 0 Å². The van der Waals surface area contributed by atoms with E-state index in [1.54, 1.807) is 0 Å². The van der Waals surface area contributed by atoms with E-state index in [-0.39, 0.29) is 11.6 Å². The zero-order valence-electron chi connectivity index (χ0n) is 17.0. The molecule has 2 nitrogen and oxygen atoms in total. The summed E-state index contributed by atoms with van der Waals surface area (Å²) in [6.45, 7) is 2.17. The quantitative estimate of drug-likeness (QED) is 0.370. The lowest BCUT2D eigenvalue weighted by molar-refractivity contribution is -0.140. The van der Waals surface area contributed by atoms with Crippen molar-refractivity contribution < 1.29 is 9.53 Å². The molecule has 0 aliphatic heterocycles. The number of hydrogen-bond acceptors (Lipinski definition) is 3. The fourth-order valence-electron chi connectivity index (χ4n) is 3.91. The molecule has 1 atom stereocenters. The van der Waals surface area contributed by atoms with Crippen LogP contribution in [0.15, 0.2) is 91.0 Å². The molecule has 0 saturated carbocycles. The van der Waals surface area contributed by atoms with Crippen LogP contribution in [0.2, 0.25) is 0 Å². The summed E-state index contributed by atoms with van der Waals surface area (Å²) in [7, 11) is -0.596. The molecule has 3 aromatic rings. The molecule has 0 N–H and O–H groups in total. The van der Waals surface area contributed by atoms with Crippen molar-refractivity contribution in [1.29, 1.82) is 0 Å². The summed E-state index contributed by atoms with van der Waals surface area (Å²) in [4.78, 5) is 12.5. The number of esters is 1. The van der Waals surface area contributed by atoms with Gasteiger partial charge in [-0.1, -0.05) is 61.5 Å². The van der Waals surface area contributed by atoms with E-state index in [1.165, 1.54) is 23.0 Å². The maximum Gasteiger partial charge on any atom is 0.309 e. The first-order valence-electron chi connectivity index (χ1n) is 9.93. The van der Waals surface area contributed by atoms with Gasteiger partial charge in [0.25, 0.3) is 0 Å². The summed E-state index contributed by atoms with van der Waals surface area (Å²) >= 11 is 1.90. The minimum Gasteiger partial charge on any atom is -0.469 e. The maximum absolute atomic E-state index is 12.5. The topological polar surface area (TPSA) is 26.3 Å². The van der Waals surface area contributed by atoms with E-state index in [2.05, 4.69) is 97.9 Å². The fourth-order valence-corrected chi connectivity index (χ4v) is 10.3. The highest BCUT2D eigenvalue weighted by Crippen LogP contribution is 2.61.